The van der Waals surface area contributed by atoms with Crippen LogP contribution < -0.4 is 5.73 Å². The number of sulfone groups is 1. The summed E-state index contributed by atoms with van der Waals surface area (Å²) in [5.74, 6) is 1.77. The van der Waals surface area contributed by atoms with Gasteiger partial charge in [0.15, 0.2) is 0 Å². The molecule has 0 spiro atoms. The Labute approximate surface area is 106 Å². The zero-order valence-corrected chi connectivity index (χ0v) is 12.0. The van der Waals surface area contributed by atoms with Crippen LogP contribution in [-0.4, -0.2) is 26.0 Å². The standard InChI is InChI=1S/C13H27NO2S/c1-3-5-11-6-7-13(14)12(10-11)8-9-17(15,16)4-2/h11-13H,3-10,14H2,1-2H3. The van der Waals surface area contributed by atoms with Gasteiger partial charge in [0.25, 0.3) is 0 Å². The molecule has 17 heavy (non-hydrogen) atoms. The molecule has 0 radical (unpaired) electrons. The number of hydrogen-bond donors (Lipinski definition) is 1. The SMILES string of the molecule is CCCC1CCC(N)C(CCS(=O)(=O)CC)C1. The van der Waals surface area contributed by atoms with Crippen LogP contribution in [0.4, 0.5) is 0 Å². The molecule has 0 aliphatic heterocycles. The van der Waals surface area contributed by atoms with E-state index in [1.165, 1.54) is 19.3 Å². The number of nitrogens with two attached hydrogens (primary N) is 1. The fourth-order valence-corrected chi connectivity index (χ4v) is 3.81. The lowest BCUT2D eigenvalue weighted by molar-refractivity contribution is 0.218. The van der Waals surface area contributed by atoms with Crippen LogP contribution in [0.15, 0.2) is 0 Å². The molecular formula is C13H27NO2S. The summed E-state index contributed by atoms with van der Waals surface area (Å²) < 4.78 is 23.0. The molecule has 4 heteroatoms. The molecule has 0 amide bonds. The summed E-state index contributed by atoms with van der Waals surface area (Å²) >= 11 is 0. The van der Waals surface area contributed by atoms with Gasteiger partial charge in [0, 0.05) is 11.8 Å². The van der Waals surface area contributed by atoms with Crippen LogP contribution in [0.3, 0.4) is 0 Å². The minimum Gasteiger partial charge on any atom is -0.327 e. The van der Waals surface area contributed by atoms with E-state index in [9.17, 15) is 8.42 Å². The van der Waals surface area contributed by atoms with Gasteiger partial charge >= 0.3 is 0 Å². The lowest BCUT2D eigenvalue weighted by Gasteiger charge is -2.34. The minimum absolute atomic E-state index is 0.218. The van der Waals surface area contributed by atoms with Crippen molar-refractivity contribution in [2.45, 2.75) is 58.4 Å². The maximum Gasteiger partial charge on any atom is 0.150 e. The molecule has 3 unspecified atom stereocenters. The molecule has 1 aliphatic rings. The van der Waals surface area contributed by atoms with Crippen molar-refractivity contribution in [1.82, 2.24) is 0 Å². The van der Waals surface area contributed by atoms with E-state index in [4.69, 9.17) is 5.73 Å². The van der Waals surface area contributed by atoms with Crippen molar-refractivity contribution in [3.8, 4) is 0 Å². The number of rotatable bonds is 6. The first kappa shape index (κ1) is 15.0. The van der Waals surface area contributed by atoms with Crippen molar-refractivity contribution in [3.63, 3.8) is 0 Å². The predicted octanol–water partition coefficient (Wildman–Crippen LogP) is 2.35. The summed E-state index contributed by atoms with van der Waals surface area (Å²) in [5, 5.41) is 0. The first-order valence-electron chi connectivity index (χ1n) is 6.94. The van der Waals surface area contributed by atoms with Crippen molar-refractivity contribution < 1.29 is 8.42 Å². The normalized spacial score (nSPS) is 30.4. The Hall–Kier alpha value is -0.0900. The predicted molar refractivity (Wildman–Crippen MR) is 72.7 cm³/mol. The fourth-order valence-electron chi connectivity index (χ4n) is 2.86. The summed E-state index contributed by atoms with van der Waals surface area (Å²) in [4.78, 5) is 0. The Morgan fingerprint density at radius 3 is 2.47 bits per heavy atom. The Balaban J connectivity index is 2.45. The lowest BCUT2D eigenvalue weighted by atomic mass is 9.75. The number of hydrogen-bond acceptors (Lipinski definition) is 3. The largest absolute Gasteiger partial charge is 0.327 e. The smallest absolute Gasteiger partial charge is 0.150 e. The quantitative estimate of drug-likeness (QED) is 0.798. The molecule has 1 aliphatic carbocycles. The molecule has 2 N–H and O–H groups in total. The Morgan fingerprint density at radius 2 is 1.88 bits per heavy atom. The van der Waals surface area contributed by atoms with Gasteiger partial charge in [-0.05, 0) is 37.5 Å². The van der Waals surface area contributed by atoms with Gasteiger partial charge in [0.05, 0.1) is 5.75 Å². The maximum absolute atomic E-state index is 11.5. The van der Waals surface area contributed by atoms with Gasteiger partial charge < -0.3 is 5.73 Å². The average Bonchev–Trinajstić information content (AvgIpc) is 2.30. The van der Waals surface area contributed by atoms with Gasteiger partial charge in [-0.15, -0.1) is 0 Å². The van der Waals surface area contributed by atoms with Crippen LogP contribution in [-0.2, 0) is 9.84 Å². The Kier molecular flexibility index (Phi) is 5.93. The lowest BCUT2D eigenvalue weighted by Crippen LogP contribution is -2.37. The van der Waals surface area contributed by atoms with Gasteiger partial charge in [-0.1, -0.05) is 26.7 Å². The molecule has 3 nitrogen and oxygen atoms in total. The maximum atomic E-state index is 11.5. The van der Waals surface area contributed by atoms with E-state index in [1.807, 2.05) is 0 Å². The van der Waals surface area contributed by atoms with E-state index in [0.29, 0.717) is 11.7 Å². The third kappa shape index (κ3) is 4.96. The molecule has 0 aromatic heterocycles. The zero-order chi connectivity index (χ0) is 12.9. The molecule has 1 saturated carbocycles. The molecule has 0 bridgehead atoms. The molecule has 102 valence electrons. The van der Waals surface area contributed by atoms with E-state index in [2.05, 4.69) is 6.92 Å². The van der Waals surface area contributed by atoms with Crippen molar-refractivity contribution in [2.24, 2.45) is 17.6 Å². The highest BCUT2D eigenvalue weighted by atomic mass is 32.2. The Morgan fingerprint density at radius 1 is 1.18 bits per heavy atom. The van der Waals surface area contributed by atoms with Crippen LogP contribution in [0.2, 0.25) is 0 Å². The minimum atomic E-state index is -2.83. The van der Waals surface area contributed by atoms with E-state index >= 15 is 0 Å². The summed E-state index contributed by atoms with van der Waals surface area (Å²) in [6.45, 7) is 3.93. The van der Waals surface area contributed by atoms with Crippen LogP contribution in [0.25, 0.3) is 0 Å². The molecule has 1 rings (SSSR count). The Bertz CT molecular complexity index is 313. The summed E-state index contributed by atoms with van der Waals surface area (Å²) in [5.41, 5.74) is 6.11. The van der Waals surface area contributed by atoms with Crippen molar-refractivity contribution in [3.05, 3.63) is 0 Å². The molecule has 3 atom stereocenters. The molecular weight excluding hydrogens is 234 g/mol. The fraction of sp³-hybridized carbons (Fsp3) is 1.00. The second kappa shape index (κ2) is 6.74. The first-order chi connectivity index (χ1) is 7.98. The monoisotopic (exact) mass is 261 g/mol. The highest BCUT2D eigenvalue weighted by Crippen LogP contribution is 2.33. The van der Waals surface area contributed by atoms with Crippen molar-refractivity contribution in [2.75, 3.05) is 11.5 Å². The summed E-state index contributed by atoms with van der Waals surface area (Å²) in [7, 11) is -2.83. The van der Waals surface area contributed by atoms with Crippen LogP contribution in [0.1, 0.15) is 52.4 Å². The zero-order valence-electron chi connectivity index (χ0n) is 11.2. The summed E-state index contributed by atoms with van der Waals surface area (Å²) in [6, 6.07) is 0.218. The van der Waals surface area contributed by atoms with Crippen LogP contribution in [0.5, 0.6) is 0 Å². The van der Waals surface area contributed by atoms with Crippen molar-refractivity contribution in [1.29, 1.82) is 0 Å². The van der Waals surface area contributed by atoms with E-state index < -0.39 is 9.84 Å². The van der Waals surface area contributed by atoms with Gasteiger partial charge in [-0.25, -0.2) is 8.42 Å². The third-order valence-electron chi connectivity index (χ3n) is 4.09. The second-order valence-electron chi connectivity index (χ2n) is 5.42. The molecule has 0 heterocycles. The van der Waals surface area contributed by atoms with Crippen LogP contribution in [0, 0.1) is 11.8 Å². The summed E-state index contributed by atoms with van der Waals surface area (Å²) in [6.07, 6.45) is 6.68. The van der Waals surface area contributed by atoms with Crippen LogP contribution >= 0.6 is 0 Å². The molecule has 0 aromatic carbocycles. The van der Waals surface area contributed by atoms with Gasteiger partial charge in [-0.2, -0.15) is 0 Å². The van der Waals surface area contributed by atoms with Gasteiger partial charge in [-0.3, -0.25) is 0 Å². The third-order valence-corrected chi connectivity index (χ3v) is 5.82. The molecule has 0 saturated heterocycles. The molecule has 1 fully saturated rings. The van der Waals surface area contributed by atoms with Gasteiger partial charge in [0.2, 0.25) is 0 Å². The first-order valence-corrected chi connectivity index (χ1v) is 8.76. The van der Waals surface area contributed by atoms with E-state index in [-0.39, 0.29) is 11.8 Å². The average molecular weight is 261 g/mol. The highest BCUT2D eigenvalue weighted by molar-refractivity contribution is 7.91. The topological polar surface area (TPSA) is 60.2 Å². The molecule has 0 aromatic rings. The van der Waals surface area contributed by atoms with E-state index in [1.54, 1.807) is 6.92 Å². The van der Waals surface area contributed by atoms with Gasteiger partial charge in [0.1, 0.15) is 9.84 Å². The van der Waals surface area contributed by atoms with Crippen molar-refractivity contribution >= 4 is 9.84 Å². The van der Waals surface area contributed by atoms with E-state index in [0.717, 1.165) is 25.2 Å². The highest BCUT2D eigenvalue weighted by Gasteiger charge is 2.28. The second-order valence-corrected chi connectivity index (χ2v) is 7.89.